The number of esters is 1. The Bertz CT molecular complexity index is 1450. The number of thiazole rings is 1. The molecule has 0 radical (unpaired) electrons. The molecular formula is C25H25BrN2O5S. The van der Waals surface area contributed by atoms with Gasteiger partial charge in [0.2, 0.25) is 0 Å². The van der Waals surface area contributed by atoms with E-state index in [0.717, 1.165) is 22.2 Å². The zero-order valence-electron chi connectivity index (χ0n) is 19.4. The van der Waals surface area contributed by atoms with Gasteiger partial charge in [0.05, 0.1) is 40.0 Å². The molecule has 0 saturated heterocycles. The van der Waals surface area contributed by atoms with E-state index in [-0.39, 0.29) is 12.2 Å². The van der Waals surface area contributed by atoms with E-state index in [1.165, 1.54) is 11.3 Å². The van der Waals surface area contributed by atoms with Crippen LogP contribution in [0.15, 0.2) is 60.3 Å². The second-order valence-electron chi connectivity index (χ2n) is 7.76. The van der Waals surface area contributed by atoms with Crippen molar-refractivity contribution in [3.63, 3.8) is 0 Å². The number of nitrogens with zero attached hydrogens (tertiary/aromatic N) is 2. The molecule has 1 atom stereocenters. The van der Waals surface area contributed by atoms with E-state index in [1.807, 2.05) is 44.2 Å². The Kier molecular flexibility index (Phi) is 7.23. The van der Waals surface area contributed by atoms with Crippen molar-refractivity contribution in [1.82, 2.24) is 4.57 Å². The summed E-state index contributed by atoms with van der Waals surface area (Å²) in [6.07, 6.45) is 3.09. The van der Waals surface area contributed by atoms with E-state index in [4.69, 9.17) is 18.9 Å². The van der Waals surface area contributed by atoms with Crippen LogP contribution >= 0.6 is 27.3 Å². The topological polar surface area (TPSA) is 83.0 Å². The fraction of sp³-hybridized carbons (Fsp3) is 0.320. The first-order valence-electron chi connectivity index (χ1n) is 11.0. The highest BCUT2D eigenvalue weighted by Crippen LogP contribution is 2.36. The first-order chi connectivity index (χ1) is 16.4. The molecular weight excluding hydrogens is 520 g/mol. The van der Waals surface area contributed by atoms with Crippen LogP contribution in [0, 0.1) is 6.92 Å². The zero-order valence-corrected chi connectivity index (χ0v) is 21.8. The van der Waals surface area contributed by atoms with Crippen LogP contribution in [0.4, 0.5) is 0 Å². The van der Waals surface area contributed by atoms with Crippen molar-refractivity contribution in [3.8, 4) is 5.75 Å². The lowest BCUT2D eigenvalue weighted by Gasteiger charge is -2.26. The molecule has 178 valence electrons. The van der Waals surface area contributed by atoms with Gasteiger partial charge in [0.25, 0.3) is 5.56 Å². The highest BCUT2D eigenvalue weighted by Gasteiger charge is 2.34. The lowest BCUT2D eigenvalue weighted by Crippen LogP contribution is -2.40. The minimum atomic E-state index is -0.681. The molecule has 1 aliphatic rings. The van der Waals surface area contributed by atoms with Crippen LogP contribution in [0.5, 0.6) is 5.75 Å². The Labute approximate surface area is 209 Å². The number of benzene rings is 1. The van der Waals surface area contributed by atoms with E-state index in [0.29, 0.717) is 38.5 Å². The third kappa shape index (κ3) is 4.54. The number of furan rings is 1. The Morgan fingerprint density at radius 2 is 2.09 bits per heavy atom. The predicted octanol–water partition coefficient (Wildman–Crippen LogP) is 4.25. The van der Waals surface area contributed by atoms with Gasteiger partial charge in [-0.2, -0.15) is 0 Å². The quantitative estimate of drug-likeness (QED) is 0.415. The number of ether oxygens (including phenoxy) is 2. The monoisotopic (exact) mass is 544 g/mol. The summed E-state index contributed by atoms with van der Waals surface area (Å²) in [7, 11) is 1.59. The molecule has 9 heteroatoms. The number of methoxy groups -OCH3 is 1. The van der Waals surface area contributed by atoms with Crippen molar-refractivity contribution in [1.29, 1.82) is 0 Å². The Hall–Kier alpha value is -2.91. The number of hydrogen-bond donors (Lipinski definition) is 0. The molecule has 0 amide bonds. The van der Waals surface area contributed by atoms with Gasteiger partial charge >= 0.3 is 5.97 Å². The lowest BCUT2D eigenvalue weighted by atomic mass is 9.94. The van der Waals surface area contributed by atoms with E-state index in [9.17, 15) is 9.59 Å². The molecule has 3 heterocycles. The van der Waals surface area contributed by atoms with Crippen LogP contribution in [-0.2, 0) is 9.53 Å². The van der Waals surface area contributed by atoms with Gasteiger partial charge in [-0.15, -0.1) is 0 Å². The molecule has 0 bridgehead atoms. The second kappa shape index (κ2) is 10.1. The number of hydrogen-bond acceptors (Lipinski definition) is 7. The lowest BCUT2D eigenvalue weighted by molar-refractivity contribution is -0.139. The summed E-state index contributed by atoms with van der Waals surface area (Å²) in [5.74, 6) is 1.53. The summed E-state index contributed by atoms with van der Waals surface area (Å²) < 4.78 is 19.2. The van der Waals surface area contributed by atoms with Crippen LogP contribution in [0.3, 0.4) is 0 Å². The molecule has 1 aliphatic heterocycles. The van der Waals surface area contributed by atoms with Crippen LogP contribution in [0.25, 0.3) is 6.08 Å². The highest BCUT2D eigenvalue weighted by molar-refractivity contribution is 9.10. The summed E-state index contributed by atoms with van der Waals surface area (Å²) in [6, 6.07) is 8.51. The summed E-state index contributed by atoms with van der Waals surface area (Å²) in [4.78, 5) is 32.1. The fourth-order valence-corrected chi connectivity index (χ4v) is 5.51. The summed E-state index contributed by atoms with van der Waals surface area (Å²) in [6.45, 7) is 5.86. The van der Waals surface area contributed by atoms with E-state index in [2.05, 4.69) is 15.9 Å². The largest absolute Gasteiger partial charge is 0.496 e. The zero-order chi connectivity index (χ0) is 24.4. The number of halogens is 1. The third-order valence-electron chi connectivity index (χ3n) is 5.42. The highest BCUT2D eigenvalue weighted by atomic mass is 79.9. The number of carbonyl (C=O) groups is 1. The molecule has 0 spiro atoms. The maximum Gasteiger partial charge on any atom is 0.338 e. The maximum absolute atomic E-state index is 13.6. The van der Waals surface area contributed by atoms with Crippen molar-refractivity contribution < 1.29 is 18.7 Å². The fourth-order valence-electron chi connectivity index (χ4n) is 3.95. The van der Waals surface area contributed by atoms with Crippen LogP contribution < -0.4 is 19.6 Å². The standard InChI is InChI=1S/C25H25BrN2O5S/c1-5-7-18-21(24(30)32-6-2)22(15-9-11-19(31-4)17(26)12-15)28-23(29)20(34-25(28)27-18)13-16-10-8-14(3)33-16/h8-13,22H,5-7H2,1-4H3/b20-13-. The number of allylic oxidation sites excluding steroid dienone is 1. The van der Waals surface area contributed by atoms with Gasteiger partial charge in [0.15, 0.2) is 4.80 Å². The molecule has 0 N–H and O–H groups in total. The van der Waals surface area contributed by atoms with Crippen LogP contribution in [-0.4, -0.2) is 24.3 Å². The predicted molar refractivity (Wildman–Crippen MR) is 134 cm³/mol. The number of aryl methyl sites for hydroxylation is 1. The van der Waals surface area contributed by atoms with Crippen molar-refractivity contribution in [2.75, 3.05) is 13.7 Å². The van der Waals surface area contributed by atoms with Crippen molar-refractivity contribution in [2.24, 2.45) is 4.99 Å². The van der Waals surface area contributed by atoms with Crippen molar-refractivity contribution in [3.05, 3.63) is 82.8 Å². The Morgan fingerprint density at radius 1 is 1.29 bits per heavy atom. The van der Waals surface area contributed by atoms with Gasteiger partial charge in [0, 0.05) is 6.08 Å². The number of aromatic nitrogens is 1. The van der Waals surface area contributed by atoms with Crippen molar-refractivity contribution >= 4 is 39.3 Å². The SMILES string of the molecule is CCCC1=C(C(=O)OCC)C(c2ccc(OC)c(Br)c2)n2c(s/c(=C\c3ccc(C)o3)c2=O)=N1. The molecule has 1 aromatic carbocycles. The molecule has 34 heavy (non-hydrogen) atoms. The van der Waals surface area contributed by atoms with Gasteiger partial charge in [-0.25, -0.2) is 9.79 Å². The van der Waals surface area contributed by atoms with Gasteiger partial charge < -0.3 is 13.9 Å². The molecule has 2 aromatic heterocycles. The van der Waals surface area contributed by atoms with E-state index >= 15 is 0 Å². The average Bonchev–Trinajstić information content (AvgIpc) is 3.35. The molecule has 0 aliphatic carbocycles. The maximum atomic E-state index is 13.6. The molecule has 7 nitrogen and oxygen atoms in total. The molecule has 4 rings (SSSR count). The van der Waals surface area contributed by atoms with Crippen LogP contribution in [0.1, 0.15) is 49.8 Å². The third-order valence-corrected chi connectivity index (χ3v) is 7.02. The first kappa shape index (κ1) is 24.2. The second-order valence-corrected chi connectivity index (χ2v) is 9.62. The summed E-state index contributed by atoms with van der Waals surface area (Å²) in [5, 5.41) is 0. The number of fused-ring (bicyclic) bond motifs is 1. The molecule has 1 unspecified atom stereocenters. The molecule has 0 fully saturated rings. The number of carbonyl (C=O) groups excluding carboxylic acids is 1. The van der Waals surface area contributed by atoms with Crippen molar-refractivity contribution in [2.45, 2.75) is 39.7 Å². The van der Waals surface area contributed by atoms with Gasteiger partial charge in [-0.3, -0.25) is 9.36 Å². The Morgan fingerprint density at radius 3 is 2.71 bits per heavy atom. The van der Waals surface area contributed by atoms with E-state index in [1.54, 1.807) is 24.7 Å². The normalized spacial score (nSPS) is 15.8. The van der Waals surface area contributed by atoms with Gasteiger partial charge in [-0.05, 0) is 66.0 Å². The summed E-state index contributed by atoms with van der Waals surface area (Å²) in [5.41, 5.74) is 1.53. The summed E-state index contributed by atoms with van der Waals surface area (Å²) >= 11 is 4.81. The molecule has 3 aromatic rings. The average molecular weight is 545 g/mol. The number of rotatable bonds is 7. The Balaban J connectivity index is 2.00. The molecule has 0 saturated carbocycles. The minimum absolute atomic E-state index is 0.225. The minimum Gasteiger partial charge on any atom is -0.496 e. The van der Waals surface area contributed by atoms with Crippen LogP contribution in [0.2, 0.25) is 0 Å². The van der Waals surface area contributed by atoms with Gasteiger partial charge in [0.1, 0.15) is 17.3 Å². The first-order valence-corrected chi connectivity index (χ1v) is 12.6. The van der Waals surface area contributed by atoms with Gasteiger partial charge in [-0.1, -0.05) is 30.7 Å². The smallest absolute Gasteiger partial charge is 0.338 e. The van der Waals surface area contributed by atoms with E-state index < -0.39 is 12.0 Å².